The molecule has 0 saturated heterocycles. The first kappa shape index (κ1) is 8.80. The van der Waals surface area contributed by atoms with E-state index in [0.29, 0.717) is 6.54 Å². The van der Waals surface area contributed by atoms with Crippen molar-refractivity contribution in [3.63, 3.8) is 0 Å². The van der Waals surface area contributed by atoms with Crippen molar-refractivity contribution >= 4 is 5.97 Å². The molecule has 0 fully saturated rings. The number of carbonyl (C=O) groups excluding carboxylic acids is 1. The van der Waals surface area contributed by atoms with Gasteiger partial charge in [0.2, 0.25) is 0 Å². The summed E-state index contributed by atoms with van der Waals surface area (Å²) in [6.07, 6.45) is 4.02. The number of aliphatic hydroxyl groups excluding tert-OH is 1. The van der Waals surface area contributed by atoms with Crippen LogP contribution in [0.1, 0.15) is 6.42 Å². The molecule has 0 unspecified atom stereocenters. The van der Waals surface area contributed by atoms with Crippen molar-refractivity contribution in [1.29, 1.82) is 0 Å². The Morgan fingerprint density at radius 3 is 2.67 bits per heavy atom. The molecule has 0 spiro atoms. The lowest BCUT2D eigenvalue weighted by Crippen LogP contribution is -2.08. The number of esters is 1. The van der Waals surface area contributed by atoms with E-state index in [1.807, 2.05) is 29.1 Å². The largest absolute Gasteiger partial charge is 0.439 e. The zero-order chi connectivity index (χ0) is 8.81. The van der Waals surface area contributed by atoms with Gasteiger partial charge in [0.15, 0.2) is 6.79 Å². The molecule has 1 aromatic heterocycles. The van der Waals surface area contributed by atoms with Gasteiger partial charge in [-0.2, -0.15) is 0 Å². The number of carbonyl (C=O) groups is 1. The van der Waals surface area contributed by atoms with Crippen LogP contribution in [0.5, 0.6) is 0 Å². The van der Waals surface area contributed by atoms with Crippen molar-refractivity contribution in [3.8, 4) is 0 Å². The minimum Gasteiger partial charge on any atom is -0.439 e. The summed E-state index contributed by atoms with van der Waals surface area (Å²) < 4.78 is 6.22. The molecule has 1 heterocycles. The Labute approximate surface area is 70.4 Å². The number of hydrogen-bond donors (Lipinski definition) is 1. The molecule has 0 amide bonds. The maximum absolute atomic E-state index is 10.7. The van der Waals surface area contributed by atoms with Crippen LogP contribution in [0.2, 0.25) is 0 Å². The standard InChI is InChI=1S/C8H11NO3/c10-7-12-8(11)3-6-9-4-1-2-5-9/h1-2,4-5,10H,3,6-7H2. The smallest absolute Gasteiger partial charge is 0.309 e. The van der Waals surface area contributed by atoms with Gasteiger partial charge < -0.3 is 14.4 Å². The lowest BCUT2D eigenvalue weighted by molar-refractivity contribution is -0.151. The number of ether oxygens (including phenoxy) is 1. The summed E-state index contributed by atoms with van der Waals surface area (Å²) in [6, 6.07) is 3.77. The molecule has 0 aliphatic carbocycles. The summed E-state index contributed by atoms with van der Waals surface area (Å²) in [6.45, 7) is 0.0519. The van der Waals surface area contributed by atoms with Gasteiger partial charge in [0.05, 0.1) is 6.42 Å². The van der Waals surface area contributed by atoms with Gasteiger partial charge >= 0.3 is 5.97 Å². The molecule has 12 heavy (non-hydrogen) atoms. The highest BCUT2D eigenvalue weighted by Crippen LogP contribution is 1.94. The molecule has 4 nitrogen and oxygen atoms in total. The van der Waals surface area contributed by atoms with Gasteiger partial charge in [0.1, 0.15) is 0 Å². The number of aromatic nitrogens is 1. The Hall–Kier alpha value is -1.29. The van der Waals surface area contributed by atoms with Crippen molar-refractivity contribution in [2.75, 3.05) is 6.79 Å². The third kappa shape index (κ3) is 2.75. The fraction of sp³-hybridized carbons (Fsp3) is 0.375. The van der Waals surface area contributed by atoms with E-state index in [2.05, 4.69) is 4.74 Å². The quantitative estimate of drug-likeness (QED) is 0.523. The highest BCUT2D eigenvalue weighted by molar-refractivity contribution is 5.69. The van der Waals surface area contributed by atoms with Crippen molar-refractivity contribution < 1.29 is 14.6 Å². The molecule has 0 atom stereocenters. The minimum atomic E-state index is -0.537. The fourth-order valence-corrected chi connectivity index (χ4v) is 0.884. The lowest BCUT2D eigenvalue weighted by atomic mass is 10.4. The highest BCUT2D eigenvalue weighted by Gasteiger charge is 2.00. The average Bonchev–Trinajstić information content (AvgIpc) is 2.53. The van der Waals surface area contributed by atoms with Gasteiger partial charge in [-0.15, -0.1) is 0 Å². The van der Waals surface area contributed by atoms with E-state index >= 15 is 0 Å². The summed E-state index contributed by atoms with van der Waals surface area (Å²) in [5.74, 6) is -0.383. The van der Waals surface area contributed by atoms with E-state index in [0.717, 1.165) is 0 Å². The van der Waals surface area contributed by atoms with Crippen molar-refractivity contribution in [2.45, 2.75) is 13.0 Å². The van der Waals surface area contributed by atoms with Crippen LogP contribution in [0.3, 0.4) is 0 Å². The van der Waals surface area contributed by atoms with Gasteiger partial charge in [0.25, 0.3) is 0 Å². The number of rotatable bonds is 4. The maximum Gasteiger partial charge on any atom is 0.309 e. The van der Waals surface area contributed by atoms with Crippen LogP contribution in [0.25, 0.3) is 0 Å². The van der Waals surface area contributed by atoms with Gasteiger partial charge in [0, 0.05) is 18.9 Å². The summed E-state index contributed by atoms with van der Waals surface area (Å²) in [7, 11) is 0. The summed E-state index contributed by atoms with van der Waals surface area (Å²) in [4.78, 5) is 10.7. The Bertz CT molecular complexity index is 230. The molecule has 0 saturated carbocycles. The number of aliphatic hydroxyl groups is 1. The topological polar surface area (TPSA) is 51.5 Å². The van der Waals surface area contributed by atoms with Crippen LogP contribution in [0.4, 0.5) is 0 Å². The van der Waals surface area contributed by atoms with Gasteiger partial charge in [-0.05, 0) is 12.1 Å². The third-order valence-corrected chi connectivity index (χ3v) is 1.47. The normalized spacial score (nSPS) is 9.75. The van der Waals surface area contributed by atoms with Gasteiger partial charge in [-0.3, -0.25) is 4.79 Å². The van der Waals surface area contributed by atoms with Gasteiger partial charge in [-0.25, -0.2) is 0 Å². The molecule has 1 N–H and O–H groups in total. The molecule has 0 aliphatic rings. The molecular formula is C8H11NO3. The second-order valence-corrected chi connectivity index (χ2v) is 2.32. The zero-order valence-electron chi connectivity index (χ0n) is 6.64. The SMILES string of the molecule is O=C(CCn1cccc1)OCO. The highest BCUT2D eigenvalue weighted by atomic mass is 16.6. The Morgan fingerprint density at radius 2 is 2.08 bits per heavy atom. The Morgan fingerprint density at radius 1 is 1.42 bits per heavy atom. The summed E-state index contributed by atoms with van der Waals surface area (Å²) in [5.41, 5.74) is 0. The summed E-state index contributed by atoms with van der Waals surface area (Å²) >= 11 is 0. The minimum absolute atomic E-state index is 0.287. The number of aryl methyl sites for hydroxylation is 1. The Balaban J connectivity index is 2.22. The Kier molecular flexibility index (Phi) is 3.35. The number of nitrogens with zero attached hydrogens (tertiary/aromatic N) is 1. The first-order chi connectivity index (χ1) is 5.83. The molecule has 1 rings (SSSR count). The van der Waals surface area contributed by atoms with Crippen LogP contribution in [0.15, 0.2) is 24.5 Å². The first-order valence-electron chi connectivity index (χ1n) is 3.70. The molecule has 66 valence electrons. The van der Waals surface area contributed by atoms with Crippen molar-refractivity contribution in [1.82, 2.24) is 4.57 Å². The van der Waals surface area contributed by atoms with Crippen LogP contribution in [-0.2, 0) is 16.1 Å². The predicted octanol–water partition coefficient (Wildman–Crippen LogP) is 0.371. The molecular weight excluding hydrogens is 158 g/mol. The average molecular weight is 169 g/mol. The maximum atomic E-state index is 10.7. The van der Waals surface area contributed by atoms with E-state index in [9.17, 15) is 4.79 Å². The fourth-order valence-electron chi connectivity index (χ4n) is 0.884. The lowest BCUT2D eigenvalue weighted by Gasteiger charge is -2.01. The van der Waals surface area contributed by atoms with E-state index in [1.54, 1.807) is 0 Å². The third-order valence-electron chi connectivity index (χ3n) is 1.47. The van der Waals surface area contributed by atoms with Gasteiger partial charge in [-0.1, -0.05) is 0 Å². The predicted molar refractivity (Wildman–Crippen MR) is 42.2 cm³/mol. The molecule has 0 radical (unpaired) electrons. The van der Waals surface area contributed by atoms with Crippen LogP contribution >= 0.6 is 0 Å². The van der Waals surface area contributed by atoms with Crippen molar-refractivity contribution in [2.24, 2.45) is 0 Å². The van der Waals surface area contributed by atoms with Crippen molar-refractivity contribution in [3.05, 3.63) is 24.5 Å². The van der Waals surface area contributed by atoms with E-state index in [1.165, 1.54) is 0 Å². The molecule has 1 aromatic rings. The van der Waals surface area contributed by atoms with Crippen LogP contribution in [0, 0.1) is 0 Å². The molecule has 0 aromatic carbocycles. The second-order valence-electron chi connectivity index (χ2n) is 2.32. The number of hydrogen-bond acceptors (Lipinski definition) is 3. The first-order valence-corrected chi connectivity index (χ1v) is 3.70. The zero-order valence-corrected chi connectivity index (χ0v) is 6.64. The van der Waals surface area contributed by atoms with E-state index in [-0.39, 0.29) is 12.4 Å². The van der Waals surface area contributed by atoms with Crippen LogP contribution < -0.4 is 0 Å². The van der Waals surface area contributed by atoms with Crippen LogP contribution in [-0.4, -0.2) is 22.4 Å². The molecule has 0 aliphatic heterocycles. The molecule has 0 bridgehead atoms. The van der Waals surface area contributed by atoms with E-state index in [4.69, 9.17) is 5.11 Å². The monoisotopic (exact) mass is 169 g/mol. The molecule has 4 heteroatoms. The van der Waals surface area contributed by atoms with E-state index < -0.39 is 6.79 Å². The summed E-state index contributed by atoms with van der Waals surface area (Å²) in [5, 5.41) is 8.24. The second kappa shape index (κ2) is 4.56.